The van der Waals surface area contributed by atoms with Crippen molar-refractivity contribution in [2.75, 3.05) is 0 Å². The summed E-state index contributed by atoms with van der Waals surface area (Å²) < 4.78 is 0. The van der Waals surface area contributed by atoms with E-state index in [0.29, 0.717) is 22.8 Å². The van der Waals surface area contributed by atoms with Gasteiger partial charge in [0.05, 0.1) is 6.10 Å². The second-order valence-corrected chi connectivity index (χ2v) is 8.91. The van der Waals surface area contributed by atoms with E-state index in [-0.39, 0.29) is 6.10 Å². The van der Waals surface area contributed by atoms with Gasteiger partial charge in [-0.25, -0.2) is 0 Å². The Balaban J connectivity index is 1.67. The molecule has 4 rings (SSSR count). The summed E-state index contributed by atoms with van der Waals surface area (Å²) in [6, 6.07) is 0.428. The van der Waals surface area contributed by atoms with Crippen molar-refractivity contribution >= 4 is 0 Å². The molecule has 0 aromatic rings. The van der Waals surface area contributed by atoms with Crippen LogP contribution in [0.5, 0.6) is 0 Å². The third-order valence-corrected chi connectivity index (χ3v) is 8.24. The van der Waals surface area contributed by atoms with E-state index in [1.54, 1.807) is 0 Å². The van der Waals surface area contributed by atoms with Crippen LogP contribution in [0.2, 0.25) is 0 Å². The average molecular weight is 289 g/mol. The number of hydrogen-bond acceptors (Lipinski definition) is 2. The van der Waals surface area contributed by atoms with Gasteiger partial charge in [-0.3, -0.25) is 0 Å². The molecular weight excluding hydrogens is 258 g/mol. The predicted octanol–water partition coefficient (Wildman–Crippen LogP) is 3.49. The fourth-order valence-corrected chi connectivity index (χ4v) is 6.83. The van der Waals surface area contributed by atoms with Gasteiger partial charge in [0.2, 0.25) is 0 Å². The Morgan fingerprint density at radius 1 is 1.05 bits per heavy atom. The maximum atomic E-state index is 9.98. The number of nitrogens with two attached hydrogens (primary N) is 1. The van der Waals surface area contributed by atoms with Gasteiger partial charge in [0, 0.05) is 6.04 Å². The van der Waals surface area contributed by atoms with Crippen LogP contribution in [-0.4, -0.2) is 17.3 Å². The highest BCUT2D eigenvalue weighted by atomic mass is 16.3. The Bertz CT molecular complexity index is 460. The molecule has 0 aromatic heterocycles. The molecule has 0 heterocycles. The maximum absolute atomic E-state index is 9.98. The lowest BCUT2D eigenvalue weighted by molar-refractivity contribution is -0.0789. The van der Waals surface area contributed by atoms with E-state index in [1.165, 1.54) is 38.5 Å². The molecule has 21 heavy (non-hydrogen) atoms. The molecule has 0 bridgehead atoms. The number of allylic oxidation sites excluding steroid dienone is 1. The molecule has 0 aromatic carbocycles. The van der Waals surface area contributed by atoms with E-state index in [4.69, 9.17) is 5.73 Å². The number of rotatable bonds is 0. The van der Waals surface area contributed by atoms with Crippen LogP contribution >= 0.6 is 0 Å². The number of aliphatic hydroxyl groups is 1. The van der Waals surface area contributed by atoms with Crippen molar-refractivity contribution in [1.29, 1.82) is 0 Å². The summed E-state index contributed by atoms with van der Waals surface area (Å²) in [4.78, 5) is 0. The van der Waals surface area contributed by atoms with Gasteiger partial charge in [-0.05, 0) is 79.4 Å². The van der Waals surface area contributed by atoms with Crippen LogP contribution in [0.4, 0.5) is 0 Å². The molecule has 2 nitrogen and oxygen atoms in total. The van der Waals surface area contributed by atoms with E-state index >= 15 is 0 Å². The molecule has 118 valence electrons. The van der Waals surface area contributed by atoms with Gasteiger partial charge in [0.25, 0.3) is 0 Å². The molecule has 4 aliphatic carbocycles. The molecule has 8 atom stereocenters. The summed E-state index contributed by atoms with van der Waals surface area (Å²) in [5.41, 5.74) is 7.22. The van der Waals surface area contributed by atoms with Crippen LogP contribution < -0.4 is 5.73 Å². The van der Waals surface area contributed by atoms with Crippen LogP contribution in [0.25, 0.3) is 0 Å². The molecule has 0 saturated heterocycles. The Morgan fingerprint density at radius 3 is 2.67 bits per heavy atom. The van der Waals surface area contributed by atoms with Crippen molar-refractivity contribution in [2.45, 2.75) is 70.9 Å². The van der Waals surface area contributed by atoms with Gasteiger partial charge in [-0.1, -0.05) is 26.0 Å². The standard InChI is InChI=1S/C19H31NO/c1-18-9-7-13(21)11-12(18)3-4-14-15-5-6-17(20)19(15,2)10-8-16(14)18/h7,9,12-17,21H,3-6,8,10-11,20H2,1-2H3/t12?,13?,14-,15-,16-,17-,18-,19-/m0/s1. The molecular formula is C19H31NO. The SMILES string of the molecule is C[C@]12CC[C@H]3[C@@H](CCC4CC(O)C=C[C@@]43C)[C@@H]1CC[C@@H]2N. The van der Waals surface area contributed by atoms with Gasteiger partial charge in [-0.15, -0.1) is 0 Å². The normalized spacial score (nSPS) is 59.2. The minimum Gasteiger partial charge on any atom is -0.389 e. The van der Waals surface area contributed by atoms with Crippen LogP contribution in [0, 0.1) is 34.5 Å². The van der Waals surface area contributed by atoms with E-state index in [1.807, 2.05) is 0 Å². The van der Waals surface area contributed by atoms with Gasteiger partial charge >= 0.3 is 0 Å². The zero-order valence-corrected chi connectivity index (χ0v) is 13.6. The highest BCUT2D eigenvalue weighted by Crippen LogP contribution is 2.64. The third kappa shape index (κ3) is 1.84. The van der Waals surface area contributed by atoms with Crippen molar-refractivity contribution < 1.29 is 5.11 Å². The van der Waals surface area contributed by atoms with Crippen LogP contribution in [0.15, 0.2) is 12.2 Å². The minimum absolute atomic E-state index is 0.201. The first-order valence-electron chi connectivity index (χ1n) is 9.08. The number of hydrogen-bond donors (Lipinski definition) is 2. The van der Waals surface area contributed by atoms with E-state index < -0.39 is 0 Å². The van der Waals surface area contributed by atoms with Gasteiger partial charge < -0.3 is 10.8 Å². The average Bonchev–Trinajstić information content (AvgIpc) is 2.76. The first kappa shape index (κ1) is 14.3. The summed E-state index contributed by atoms with van der Waals surface area (Å²) in [7, 11) is 0. The van der Waals surface area contributed by atoms with E-state index in [0.717, 1.165) is 24.2 Å². The van der Waals surface area contributed by atoms with Crippen molar-refractivity contribution in [2.24, 2.45) is 40.2 Å². The summed E-state index contributed by atoms with van der Waals surface area (Å²) >= 11 is 0. The van der Waals surface area contributed by atoms with Crippen LogP contribution in [0.1, 0.15) is 58.8 Å². The van der Waals surface area contributed by atoms with E-state index in [9.17, 15) is 5.11 Å². The van der Waals surface area contributed by atoms with Crippen molar-refractivity contribution in [3.8, 4) is 0 Å². The first-order valence-corrected chi connectivity index (χ1v) is 9.08. The van der Waals surface area contributed by atoms with Crippen molar-refractivity contribution in [1.82, 2.24) is 0 Å². The fourth-order valence-electron chi connectivity index (χ4n) is 6.83. The number of aliphatic hydroxyl groups excluding tert-OH is 1. The Labute approximate surface area is 129 Å². The molecule has 0 radical (unpaired) electrons. The van der Waals surface area contributed by atoms with Gasteiger partial charge in [0.15, 0.2) is 0 Å². The predicted molar refractivity (Wildman–Crippen MR) is 85.6 cm³/mol. The van der Waals surface area contributed by atoms with Crippen LogP contribution in [0.3, 0.4) is 0 Å². The zero-order chi connectivity index (χ0) is 14.8. The smallest absolute Gasteiger partial charge is 0.0724 e. The lowest BCUT2D eigenvalue weighted by Gasteiger charge is -2.59. The third-order valence-electron chi connectivity index (χ3n) is 8.24. The Kier molecular flexibility index (Phi) is 3.11. The largest absolute Gasteiger partial charge is 0.389 e. The topological polar surface area (TPSA) is 46.2 Å². The summed E-state index contributed by atoms with van der Waals surface area (Å²) in [6.07, 6.45) is 13.2. The fraction of sp³-hybridized carbons (Fsp3) is 0.895. The van der Waals surface area contributed by atoms with Gasteiger partial charge in [-0.2, -0.15) is 0 Å². The lowest BCUT2D eigenvalue weighted by Crippen LogP contribution is -2.54. The molecule has 4 aliphatic rings. The van der Waals surface area contributed by atoms with Gasteiger partial charge in [0.1, 0.15) is 0 Å². The highest BCUT2D eigenvalue weighted by Gasteiger charge is 2.58. The summed E-state index contributed by atoms with van der Waals surface area (Å²) in [5, 5.41) is 9.98. The Morgan fingerprint density at radius 2 is 1.86 bits per heavy atom. The minimum atomic E-state index is -0.201. The molecule has 2 heteroatoms. The summed E-state index contributed by atoms with van der Waals surface area (Å²) in [5.74, 6) is 3.24. The number of fused-ring (bicyclic) bond motifs is 5. The highest BCUT2D eigenvalue weighted by molar-refractivity contribution is 5.17. The molecule has 0 aliphatic heterocycles. The molecule has 2 unspecified atom stereocenters. The maximum Gasteiger partial charge on any atom is 0.0724 e. The van der Waals surface area contributed by atoms with Crippen molar-refractivity contribution in [3.63, 3.8) is 0 Å². The van der Waals surface area contributed by atoms with Crippen LogP contribution in [-0.2, 0) is 0 Å². The van der Waals surface area contributed by atoms with E-state index in [2.05, 4.69) is 26.0 Å². The monoisotopic (exact) mass is 289 g/mol. The second-order valence-electron chi connectivity index (χ2n) is 8.91. The Hall–Kier alpha value is -0.340. The first-order chi connectivity index (χ1) is 9.95. The molecule has 0 spiro atoms. The lowest BCUT2D eigenvalue weighted by atomic mass is 9.46. The van der Waals surface area contributed by atoms with Crippen molar-refractivity contribution in [3.05, 3.63) is 12.2 Å². The zero-order valence-electron chi connectivity index (χ0n) is 13.6. The quantitative estimate of drug-likeness (QED) is 0.671. The molecule has 3 fully saturated rings. The molecule has 3 saturated carbocycles. The molecule has 0 amide bonds. The summed E-state index contributed by atoms with van der Waals surface area (Å²) in [6.45, 7) is 4.95. The second kappa shape index (κ2) is 4.58. The molecule has 3 N–H and O–H groups in total.